The molecule has 1 aromatic rings. The first-order chi connectivity index (χ1) is 15.4. The summed E-state index contributed by atoms with van der Waals surface area (Å²) in [7, 11) is 0. The predicted octanol–water partition coefficient (Wildman–Crippen LogP) is 5.45. The Morgan fingerprint density at radius 1 is 1.18 bits per heavy atom. The zero-order valence-corrected chi connectivity index (χ0v) is 21.9. The summed E-state index contributed by atoms with van der Waals surface area (Å²) in [5.74, 6) is 1.97. The van der Waals surface area contributed by atoms with Gasteiger partial charge in [0.25, 0.3) is 11.8 Å². The Kier molecular flexibility index (Phi) is 7.62. The fraction of sp³-hybridized carbons (Fsp3) is 0.840. The van der Waals surface area contributed by atoms with Crippen molar-refractivity contribution in [3.8, 4) is 5.88 Å². The molecule has 3 atom stereocenters. The maximum absolute atomic E-state index is 13.4. The van der Waals surface area contributed by atoms with Crippen LogP contribution in [0.5, 0.6) is 5.88 Å². The van der Waals surface area contributed by atoms with Crippen LogP contribution in [-0.4, -0.2) is 42.1 Å². The highest BCUT2D eigenvalue weighted by molar-refractivity contribution is 8.00. The summed E-state index contributed by atoms with van der Waals surface area (Å²) in [6.07, 6.45) is 10.6. The van der Waals surface area contributed by atoms with E-state index in [1.807, 2.05) is 0 Å². The van der Waals surface area contributed by atoms with E-state index in [2.05, 4.69) is 36.6 Å². The van der Waals surface area contributed by atoms with Crippen LogP contribution in [0.25, 0.3) is 0 Å². The quantitative estimate of drug-likeness (QED) is 0.521. The lowest BCUT2D eigenvalue weighted by atomic mass is 9.69. The number of carbonyl (C=O) groups is 1. The van der Waals surface area contributed by atoms with E-state index < -0.39 is 0 Å². The molecule has 2 N–H and O–H groups in total. The summed E-state index contributed by atoms with van der Waals surface area (Å²) < 4.78 is 11.8. The van der Waals surface area contributed by atoms with Gasteiger partial charge in [0.15, 0.2) is 0 Å². The fourth-order valence-corrected chi connectivity index (χ4v) is 8.01. The first-order valence-corrected chi connectivity index (χ1v) is 13.6. The molecule has 8 heteroatoms. The number of nitrogens with one attached hydrogen (secondary N) is 2. The number of hydrogen-bond donors (Lipinski definition) is 2. The number of aromatic nitrogens is 1. The number of carbonyl (C=O) groups excluding carboxylic acids is 1. The van der Waals surface area contributed by atoms with E-state index in [1.54, 1.807) is 11.8 Å². The monoisotopic (exact) mass is 497 g/mol. The van der Waals surface area contributed by atoms with E-state index in [9.17, 15) is 4.79 Å². The standard InChI is InChI=1S/C25H39N3O3S.ClH/c1-24(2)17-8-11-25(24,3)19(14-17)27-22(29)20-21(32-18-6-4-5-7-18)23(28-31-20)30-15-16-9-12-26-13-10-16;/h16-19,26H,4-15H2,1-3H3,(H,27,29);1H/t17?,19-,25?;/m0./s1. The Hall–Kier alpha value is -0.920. The molecule has 4 fully saturated rings. The first-order valence-electron chi connectivity index (χ1n) is 12.7. The van der Waals surface area contributed by atoms with Gasteiger partial charge in [-0.3, -0.25) is 4.79 Å². The Labute approximate surface area is 208 Å². The Bertz CT molecular complexity index is 835. The van der Waals surface area contributed by atoms with E-state index in [1.165, 1.54) is 38.5 Å². The van der Waals surface area contributed by atoms with Crippen molar-refractivity contribution >= 4 is 30.1 Å². The first kappa shape index (κ1) is 25.2. The Morgan fingerprint density at radius 3 is 2.55 bits per heavy atom. The zero-order valence-electron chi connectivity index (χ0n) is 20.3. The van der Waals surface area contributed by atoms with E-state index in [0.29, 0.717) is 35.3 Å². The van der Waals surface area contributed by atoms with Gasteiger partial charge in [0.1, 0.15) is 4.90 Å². The number of amides is 1. The minimum absolute atomic E-state index is 0. The number of fused-ring (bicyclic) bond motifs is 2. The van der Waals surface area contributed by atoms with Crippen molar-refractivity contribution in [2.45, 2.75) is 94.7 Å². The van der Waals surface area contributed by atoms with E-state index in [4.69, 9.17) is 9.26 Å². The maximum Gasteiger partial charge on any atom is 0.291 e. The highest BCUT2D eigenvalue weighted by atomic mass is 35.5. The van der Waals surface area contributed by atoms with Crippen LogP contribution in [0.15, 0.2) is 9.42 Å². The molecule has 3 saturated carbocycles. The van der Waals surface area contributed by atoms with Crippen molar-refractivity contribution in [3.05, 3.63) is 5.76 Å². The SMILES string of the molecule is CC1(C)C2CCC1(C)[C@@H](NC(=O)c1onc(OCC3CCNCC3)c1SC1CCCC1)C2.Cl. The summed E-state index contributed by atoms with van der Waals surface area (Å²) in [5, 5.41) is 11.5. The number of hydrogen-bond acceptors (Lipinski definition) is 6. The second-order valence-corrected chi connectivity index (χ2v) is 12.6. The van der Waals surface area contributed by atoms with Gasteiger partial charge in [0.05, 0.1) is 6.61 Å². The number of piperidine rings is 1. The van der Waals surface area contributed by atoms with Crippen molar-refractivity contribution in [2.75, 3.05) is 19.7 Å². The minimum atomic E-state index is -0.121. The number of ether oxygens (including phenoxy) is 1. The van der Waals surface area contributed by atoms with E-state index >= 15 is 0 Å². The molecule has 1 amide bonds. The lowest BCUT2D eigenvalue weighted by molar-refractivity contribution is 0.0789. The van der Waals surface area contributed by atoms with Gasteiger partial charge in [-0.15, -0.1) is 24.2 Å². The van der Waals surface area contributed by atoms with Gasteiger partial charge in [-0.1, -0.05) is 33.6 Å². The molecule has 0 spiro atoms. The lowest BCUT2D eigenvalue weighted by Gasteiger charge is -2.39. The normalized spacial score (nSPS) is 31.5. The molecule has 0 radical (unpaired) electrons. The molecule has 33 heavy (non-hydrogen) atoms. The molecule has 1 saturated heterocycles. The molecule has 3 aliphatic carbocycles. The molecule has 1 aromatic heterocycles. The average Bonchev–Trinajstić information content (AvgIpc) is 3.52. The number of halogens is 1. The van der Waals surface area contributed by atoms with Gasteiger partial charge in [0, 0.05) is 11.3 Å². The molecular weight excluding hydrogens is 458 g/mol. The zero-order chi connectivity index (χ0) is 22.3. The van der Waals surface area contributed by atoms with Gasteiger partial charge in [-0.05, 0) is 85.9 Å². The van der Waals surface area contributed by atoms with Crippen molar-refractivity contribution < 1.29 is 14.1 Å². The predicted molar refractivity (Wildman–Crippen MR) is 133 cm³/mol. The molecule has 1 aliphatic heterocycles. The average molecular weight is 498 g/mol. The molecule has 0 aromatic carbocycles. The van der Waals surface area contributed by atoms with Crippen molar-refractivity contribution in [1.29, 1.82) is 0 Å². The fourth-order valence-electron chi connectivity index (χ4n) is 6.67. The molecule has 186 valence electrons. The van der Waals surface area contributed by atoms with Gasteiger partial charge in [-0.2, -0.15) is 0 Å². The third-order valence-corrected chi connectivity index (χ3v) is 10.8. The molecule has 2 bridgehead atoms. The van der Waals surface area contributed by atoms with Gasteiger partial charge < -0.3 is 19.9 Å². The summed E-state index contributed by atoms with van der Waals surface area (Å²) >= 11 is 1.74. The van der Waals surface area contributed by atoms with Crippen molar-refractivity contribution in [3.63, 3.8) is 0 Å². The largest absolute Gasteiger partial charge is 0.474 e. The van der Waals surface area contributed by atoms with E-state index in [-0.39, 0.29) is 35.2 Å². The van der Waals surface area contributed by atoms with Gasteiger partial charge >= 0.3 is 0 Å². The van der Waals surface area contributed by atoms with Gasteiger partial charge in [0.2, 0.25) is 5.76 Å². The number of nitrogens with zero attached hydrogens (tertiary/aromatic N) is 1. The molecule has 4 aliphatic rings. The number of thioether (sulfide) groups is 1. The lowest BCUT2D eigenvalue weighted by Crippen LogP contribution is -2.46. The van der Waals surface area contributed by atoms with E-state index in [0.717, 1.165) is 37.2 Å². The van der Waals surface area contributed by atoms with Crippen LogP contribution in [0.1, 0.15) is 89.1 Å². The molecule has 2 heterocycles. The van der Waals surface area contributed by atoms with Crippen LogP contribution in [0.4, 0.5) is 0 Å². The van der Waals surface area contributed by atoms with Crippen molar-refractivity contribution in [1.82, 2.24) is 15.8 Å². The second kappa shape index (κ2) is 9.98. The summed E-state index contributed by atoms with van der Waals surface area (Å²) in [5.41, 5.74) is 0.400. The maximum atomic E-state index is 13.4. The summed E-state index contributed by atoms with van der Waals surface area (Å²) in [6, 6.07) is 0.192. The van der Waals surface area contributed by atoms with Crippen LogP contribution in [-0.2, 0) is 0 Å². The molecular formula is C25H40ClN3O3S. The highest BCUT2D eigenvalue weighted by Crippen LogP contribution is 2.65. The van der Waals surface area contributed by atoms with Gasteiger partial charge in [-0.25, -0.2) is 0 Å². The minimum Gasteiger partial charge on any atom is -0.474 e. The molecule has 2 unspecified atom stereocenters. The highest BCUT2D eigenvalue weighted by Gasteiger charge is 2.61. The van der Waals surface area contributed by atoms with Crippen LogP contribution in [0.2, 0.25) is 0 Å². The molecule has 6 nitrogen and oxygen atoms in total. The van der Waals surface area contributed by atoms with Crippen LogP contribution in [0, 0.1) is 22.7 Å². The topological polar surface area (TPSA) is 76.4 Å². The Morgan fingerprint density at radius 2 is 1.91 bits per heavy atom. The van der Waals surface area contributed by atoms with Crippen LogP contribution >= 0.6 is 24.2 Å². The van der Waals surface area contributed by atoms with Crippen LogP contribution < -0.4 is 15.4 Å². The molecule has 5 rings (SSSR count). The summed E-state index contributed by atoms with van der Waals surface area (Å²) in [6.45, 7) is 9.83. The number of rotatable bonds is 7. The summed E-state index contributed by atoms with van der Waals surface area (Å²) in [4.78, 5) is 14.2. The van der Waals surface area contributed by atoms with Crippen LogP contribution in [0.3, 0.4) is 0 Å². The second-order valence-electron chi connectivity index (χ2n) is 11.3. The third kappa shape index (κ3) is 4.66. The Balaban J connectivity index is 0.00000259. The smallest absolute Gasteiger partial charge is 0.291 e. The third-order valence-electron chi connectivity index (χ3n) is 9.43. The van der Waals surface area contributed by atoms with Crippen molar-refractivity contribution in [2.24, 2.45) is 22.7 Å².